The molecule has 0 aliphatic rings. The van der Waals surface area contributed by atoms with Crippen molar-refractivity contribution in [1.29, 1.82) is 0 Å². The molecule has 2 aromatic heterocycles. The maximum Gasteiger partial charge on any atom is 0.153 e. The molecule has 0 spiro atoms. The zero-order valence-corrected chi connectivity index (χ0v) is 9.13. The fourth-order valence-electron chi connectivity index (χ4n) is 1.59. The first-order valence-corrected chi connectivity index (χ1v) is 5.28. The quantitative estimate of drug-likeness (QED) is 0.734. The molecule has 2 aromatic rings. The van der Waals surface area contributed by atoms with Gasteiger partial charge in [0.2, 0.25) is 0 Å². The van der Waals surface area contributed by atoms with E-state index in [1.54, 1.807) is 23.3 Å². The Morgan fingerprint density at radius 2 is 2.38 bits per heavy atom. The Kier molecular flexibility index (Phi) is 3.10. The van der Waals surface area contributed by atoms with Crippen LogP contribution < -0.4 is 0 Å². The van der Waals surface area contributed by atoms with Gasteiger partial charge in [-0.2, -0.15) is 5.10 Å². The molecule has 0 unspecified atom stereocenters. The smallest absolute Gasteiger partial charge is 0.153 e. The summed E-state index contributed by atoms with van der Waals surface area (Å²) in [6.45, 7) is 2.90. The van der Waals surface area contributed by atoms with Crippen LogP contribution in [0.2, 0.25) is 0 Å². The molecular weight excluding hydrogens is 202 g/mol. The molecule has 0 saturated carbocycles. The Labute approximate surface area is 93.9 Å². The lowest BCUT2D eigenvalue weighted by atomic mass is 10.1. The van der Waals surface area contributed by atoms with Crippen LogP contribution in [0.3, 0.4) is 0 Å². The van der Waals surface area contributed by atoms with Crippen molar-refractivity contribution in [2.24, 2.45) is 0 Å². The van der Waals surface area contributed by atoms with Crippen molar-refractivity contribution in [3.05, 3.63) is 36.3 Å². The molecule has 82 valence electrons. The highest BCUT2D eigenvalue weighted by Gasteiger charge is 2.09. The van der Waals surface area contributed by atoms with Crippen LogP contribution in [-0.4, -0.2) is 21.1 Å². The maximum atomic E-state index is 10.9. The summed E-state index contributed by atoms with van der Waals surface area (Å²) in [6.07, 6.45) is 7.02. The van der Waals surface area contributed by atoms with Gasteiger partial charge in [-0.25, -0.2) is 0 Å². The molecule has 4 heteroatoms. The van der Waals surface area contributed by atoms with Crippen molar-refractivity contribution in [2.45, 2.75) is 19.9 Å². The summed E-state index contributed by atoms with van der Waals surface area (Å²) in [6, 6.07) is 3.74. The van der Waals surface area contributed by atoms with Crippen molar-refractivity contribution in [1.82, 2.24) is 14.8 Å². The van der Waals surface area contributed by atoms with E-state index in [0.717, 1.165) is 24.8 Å². The molecule has 0 amide bonds. The summed E-state index contributed by atoms with van der Waals surface area (Å²) in [7, 11) is 0. The topological polar surface area (TPSA) is 47.8 Å². The van der Waals surface area contributed by atoms with Gasteiger partial charge in [0.1, 0.15) is 5.69 Å². The predicted molar refractivity (Wildman–Crippen MR) is 61.1 cm³/mol. The van der Waals surface area contributed by atoms with Gasteiger partial charge in [0.25, 0.3) is 0 Å². The normalized spacial score (nSPS) is 10.3. The van der Waals surface area contributed by atoms with Crippen LogP contribution in [0.1, 0.15) is 23.7 Å². The second-order valence-corrected chi connectivity index (χ2v) is 3.56. The van der Waals surface area contributed by atoms with Crippen LogP contribution in [0.25, 0.3) is 11.3 Å². The standard InChI is InChI=1S/C12H13N3O/c1-2-6-15-8-11(9-16)12(14-15)10-4-3-5-13-7-10/h3-5,7-9H,2,6H2,1H3. The molecule has 0 N–H and O–H groups in total. The minimum Gasteiger partial charge on any atom is -0.298 e. The SMILES string of the molecule is CCCn1cc(C=O)c(-c2cccnc2)n1. The number of rotatable bonds is 4. The fraction of sp³-hybridized carbons (Fsp3) is 0.250. The maximum absolute atomic E-state index is 10.9. The van der Waals surface area contributed by atoms with Gasteiger partial charge in [-0.15, -0.1) is 0 Å². The van der Waals surface area contributed by atoms with E-state index < -0.39 is 0 Å². The van der Waals surface area contributed by atoms with Gasteiger partial charge in [0, 0.05) is 30.7 Å². The molecule has 0 bridgehead atoms. The lowest BCUT2D eigenvalue weighted by Gasteiger charge is -1.97. The highest BCUT2D eigenvalue weighted by atomic mass is 16.1. The van der Waals surface area contributed by atoms with Crippen molar-refractivity contribution in [3.8, 4) is 11.3 Å². The Morgan fingerprint density at radius 1 is 1.50 bits per heavy atom. The first-order valence-electron chi connectivity index (χ1n) is 5.28. The number of carbonyl (C=O) groups is 1. The molecule has 0 aliphatic carbocycles. The Morgan fingerprint density at radius 3 is 3.00 bits per heavy atom. The van der Waals surface area contributed by atoms with Crippen molar-refractivity contribution >= 4 is 6.29 Å². The van der Waals surface area contributed by atoms with Crippen LogP contribution in [0.5, 0.6) is 0 Å². The molecule has 0 radical (unpaired) electrons. The van der Waals surface area contributed by atoms with Crippen molar-refractivity contribution in [2.75, 3.05) is 0 Å². The average Bonchev–Trinajstić information content (AvgIpc) is 2.74. The number of hydrogen-bond acceptors (Lipinski definition) is 3. The number of aldehydes is 1. The molecule has 0 atom stereocenters. The lowest BCUT2D eigenvalue weighted by molar-refractivity contribution is 0.112. The Balaban J connectivity index is 2.43. The van der Waals surface area contributed by atoms with E-state index in [2.05, 4.69) is 17.0 Å². The molecule has 0 fully saturated rings. The van der Waals surface area contributed by atoms with E-state index in [-0.39, 0.29) is 0 Å². The summed E-state index contributed by atoms with van der Waals surface area (Å²) in [5.41, 5.74) is 2.19. The zero-order chi connectivity index (χ0) is 11.4. The van der Waals surface area contributed by atoms with E-state index in [9.17, 15) is 4.79 Å². The van der Waals surface area contributed by atoms with Gasteiger partial charge < -0.3 is 0 Å². The first-order chi connectivity index (χ1) is 7.85. The molecule has 2 rings (SSSR count). The predicted octanol–water partition coefficient (Wildman–Crippen LogP) is 2.17. The van der Waals surface area contributed by atoms with Gasteiger partial charge in [0.05, 0.1) is 5.56 Å². The summed E-state index contributed by atoms with van der Waals surface area (Å²) < 4.78 is 1.80. The summed E-state index contributed by atoms with van der Waals surface area (Å²) in [5.74, 6) is 0. The molecule has 0 saturated heterocycles. The summed E-state index contributed by atoms with van der Waals surface area (Å²) in [4.78, 5) is 15.0. The van der Waals surface area contributed by atoms with E-state index in [0.29, 0.717) is 11.3 Å². The van der Waals surface area contributed by atoms with Gasteiger partial charge in [0.15, 0.2) is 6.29 Å². The zero-order valence-electron chi connectivity index (χ0n) is 9.13. The van der Waals surface area contributed by atoms with Crippen LogP contribution in [0.4, 0.5) is 0 Å². The highest BCUT2D eigenvalue weighted by molar-refractivity contribution is 5.85. The largest absolute Gasteiger partial charge is 0.298 e. The van der Waals surface area contributed by atoms with Crippen LogP contribution in [0, 0.1) is 0 Å². The molecule has 0 aromatic carbocycles. The minimum absolute atomic E-state index is 0.612. The van der Waals surface area contributed by atoms with Gasteiger partial charge in [-0.05, 0) is 18.6 Å². The fourth-order valence-corrected chi connectivity index (χ4v) is 1.59. The molecular formula is C12H13N3O. The summed E-state index contributed by atoms with van der Waals surface area (Å²) in [5, 5.41) is 4.39. The van der Waals surface area contributed by atoms with Crippen molar-refractivity contribution < 1.29 is 4.79 Å². The average molecular weight is 215 g/mol. The number of hydrogen-bond donors (Lipinski definition) is 0. The monoisotopic (exact) mass is 215 g/mol. The molecule has 16 heavy (non-hydrogen) atoms. The third kappa shape index (κ3) is 2.00. The van der Waals surface area contributed by atoms with Gasteiger partial charge in [-0.1, -0.05) is 6.92 Å². The first kappa shape index (κ1) is 10.5. The van der Waals surface area contributed by atoms with Crippen LogP contribution in [-0.2, 0) is 6.54 Å². The molecule has 4 nitrogen and oxygen atoms in total. The molecule has 0 aliphatic heterocycles. The highest BCUT2D eigenvalue weighted by Crippen LogP contribution is 2.19. The van der Waals surface area contributed by atoms with Gasteiger partial charge in [-0.3, -0.25) is 14.5 Å². The second-order valence-electron chi connectivity index (χ2n) is 3.56. The number of aryl methyl sites for hydroxylation is 1. The summed E-state index contributed by atoms with van der Waals surface area (Å²) >= 11 is 0. The van der Waals surface area contributed by atoms with Gasteiger partial charge >= 0.3 is 0 Å². The number of nitrogens with zero attached hydrogens (tertiary/aromatic N) is 3. The van der Waals surface area contributed by atoms with Crippen LogP contribution in [0.15, 0.2) is 30.7 Å². The minimum atomic E-state index is 0.612. The lowest BCUT2D eigenvalue weighted by Crippen LogP contribution is -1.96. The Hall–Kier alpha value is -1.97. The number of pyridine rings is 1. The number of aromatic nitrogens is 3. The third-order valence-electron chi connectivity index (χ3n) is 2.30. The number of carbonyl (C=O) groups excluding carboxylic acids is 1. The van der Waals surface area contributed by atoms with E-state index in [4.69, 9.17) is 0 Å². The van der Waals surface area contributed by atoms with E-state index >= 15 is 0 Å². The molecule has 2 heterocycles. The third-order valence-corrected chi connectivity index (χ3v) is 2.30. The van der Waals surface area contributed by atoms with E-state index in [1.165, 1.54) is 0 Å². The van der Waals surface area contributed by atoms with Crippen molar-refractivity contribution in [3.63, 3.8) is 0 Å². The van der Waals surface area contributed by atoms with Crippen LogP contribution >= 0.6 is 0 Å². The van der Waals surface area contributed by atoms with E-state index in [1.807, 2.05) is 12.1 Å². The second kappa shape index (κ2) is 4.70. The Bertz CT molecular complexity index is 476.